The lowest BCUT2D eigenvalue weighted by Gasteiger charge is -2.14. The van der Waals surface area contributed by atoms with E-state index < -0.39 is 5.97 Å². The molecule has 1 aliphatic heterocycles. The Morgan fingerprint density at radius 3 is 2.80 bits per heavy atom. The lowest BCUT2D eigenvalue weighted by atomic mass is 10.2. The Labute approximate surface area is 98.0 Å². The van der Waals surface area contributed by atoms with E-state index >= 15 is 0 Å². The molecule has 0 aromatic rings. The smallest absolute Gasteiger partial charge is 0.303 e. The fourth-order valence-electron chi connectivity index (χ4n) is 1.35. The van der Waals surface area contributed by atoms with E-state index in [1.54, 1.807) is 0 Å². The van der Waals surface area contributed by atoms with Gasteiger partial charge < -0.3 is 5.11 Å². The highest BCUT2D eigenvalue weighted by Crippen LogP contribution is 2.29. The number of rotatable bonds is 5. The van der Waals surface area contributed by atoms with Gasteiger partial charge in [0.05, 0.1) is 5.25 Å². The van der Waals surface area contributed by atoms with Crippen molar-refractivity contribution in [1.29, 1.82) is 0 Å². The van der Waals surface area contributed by atoms with Gasteiger partial charge in [-0.2, -0.15) is 0 Å². The molecule has 84 valence electrons. The number of thioether (sulfide) groups is 1. The number of carbonyl (C=O) groups excluding carboxylic acids is 1. The number of amides is 1. The van der Waals surface area contributed by atoms with Gasteiger partial charge in [0.15, 0.2) is 0 Å². The molecule has 1 atom stereocenters. The number of hydrogen-bond acceptors (Lipinski definition) is 4. The first-order chi connectivity index (χ1) is 7.06. The summed E-state index contributed by atoms with van der Waals surface area (Å²) in [6.07, 6.45) is 1.30. The highest BCUT2D eigenvalue weighted by atomic mass is 32.2. The third kappa shape index (κ3) is 3.17. The van der Waals surface area contributed by atoms with Crippen LogP contribution in [0.2, 0.25) is 0 Å². The van der Waals surface area contributed by atoms with Crippen molar-refractivity contribution < 1.29 is 14.7 Å². The fraction of sp³-hybridized carbons (Fsp3) is 0.667. The summed E-state index contributed by atoms with van der Waals surface area (Å²) in [5.74, 6) is -0.815. The molecule has 1 aliphatic rings. The van der Waals surface area contributed by atoms with Crippen molar-refractivity contribution in [3.05, 3.63) is 0 Å². The molecule has 4 nitrogen and oxygen atoms in total. The lowest BCUT2D eigenvalue weighted by Crippen LogP contribution is -2.32. The third-order valence-electron chi connectivity index (χ3n) is 2.15. The van der Waals surface area contributed by atoms with Crippen LogP contribution in [0.3, 0.4) is 0 Å². The first kappa shape index (κ1) is 12.4. The maximum Gasteiger partial charge on any atom is 0.303 e. The van der Waals surface area contributed by atoms with Gasteiger partial charge >= 0.3 is 5.97 Å². The molecule has 1 N–H and O–H groups in total. The molecule has 1 amide bonds. The number of carboxylic acid groups (broad SMARTS) is 1. The maximum atomic E-state index is 11.7. The Kier molecular flexibility index (Phi) is 4.53. The molecule has 0 aromatic carbocycles. The minimum atomic E-state index is -0.841. The van der Waals surface area contributed by atoms with E-state index in [2.05, 4.69) is 0 Å². The lowest BCUT2D eigenvalue weighted by molar-refractivity contribution is -0.137. The molecule has 0 bridgehead atoms. The van der Waals surface area contributed by atoms with Crippen molar-refractivity contribution in [2.45, 2.75) is 31.4 Å². The van der Waals surface area contributed by atoms with E-state index in [9.17, 15) is 9.59 Å². The molecule has 0 aromatic heterocycles. The van der Waals surface area contributed by atoms with Crippen LogP contribution in [0.1, 0.15) is 26.2 Å². The standard InChI is InChI=1S/C9H13NO3S2/c1-2-6-8(13)10(9(14)15-6)5-3-4-7(11)12/h6H,2-5H2,1H3,(H,11,12). The molecule has 15 heavy (non-hydrogen) atoms. The van der Waals surface area contributed by atoms with Gasteiger partial charge in [-0.15, -0.1) is 0 Å². The molecule has 0 aliphatic carbocycles. The van der Waals surface area contributed by atoms with Crippen LogP contribution < -0.4 is 0 Å². The van der Waals surface area contributed by atoms with Crippen LogP contribution in [0.5, 0.6) is 0 Å². The minimum Gasteiger partial charge on any atom is -0.481 e. The van der Waals surface area contributed by atoms with Gasteiger partial charge in [-0.25, -0.2) is 0 Å². The van der Waals surface area contributed by atoms with E-state index in [4.69, 9.17) is 17.3 Å². The molecule has 0 spiro atoms. The number of carbonyl (C=O) groups is 2. The van der Waals surface area contributed by atoms with Crippen molar-refractivity contribution >= 4 is 40.2 Å². The van der Waals surface area contributed by atoms with Crippen LogP contribution in [0.25, 0.3) is 0 Å². The zero-order valence-electron chi connectivity index (χ0n) is 8.43. The van der Waals surface area contributed by atoms with Gasteiger partial charge in [0.1, 0.15) is 4.32 Å². The average molecular weight is 247 g/mol. The quantitative estimate of drug-likeness (QED) is 0.746. The number of carboxylic acids is 1. The molecule has 0 saturated carbocycles. The Balaban J connectivity index is 2.44. The predicted molar refractivity (Wildman–Crippen MR) is 62.9 cm³/mol. The van der Waals surface area contributed by atoms with Gasteiger partial charge in [0.25, 0.3) is 0 Å². The first-order valence-corrected chi connectivity index (χ1v) is 6.08. The number of hydrogen-bond donors (Lipinski definition) is 1. The monoisotopic (exact) mass is 247 g/mol. The van der Waals surface area contributed by atoms with E-state index in [0.717, 1.165) is 6.42 Å². The van der Waals surface area contributed by atoms with E-state index in [1.807, 2.05) is 6.92 Å². The van der Waals surface area contributed by atoms with Gasteiger partial charge in [-0.05, 0) is 12.8 Å². The highest BCUT2D eigenvalue weighted by Gasteiger charge is 2.34. The van der Waals surface area contributed by atoms with Crippen LogP contribution in [0.4, 0.5) is 0 Å². The summed E-state index contributed by atoms with van der Waals surface area (Å²) < 4.78 is 0.581. The second-order valence-corrected chi connectivity index (χ2v) is 5.10. The molecule has 6 heteroatoms. The zero-order chi connectivity index (χ0) is 11.4. The van der Waals surface area contributed by atoms with Crippen LogP contribution in [-0.2, 0) is 9.59 Å². The normalized spacial score (nSPS) is 21.1. The van der Waals surface area contributed by atoms with Gasteiger partial charge in [0, 0.05) is 13.0 Å². The SMILES string of the molecule is CCC1SC(=S)N(CCCC(=O)O)C1=O. The second kappa shape index (κ2) is 5.46. The van der Waals surface area contributed by atoms with Gasteiger partial charge in [-0.1, -0.05) is 30.9 Å². The number of aliphatic carboxylic acids is 1. The molecular formula is C9H13NO3S2. The average Bonchev–Trinajstić information content (AvgIpc) is 2.44. The fourth-order valence-corrected chi connectivity index (χ4v) is 2.82. The molecule has 1 heterocycles. The van der Waals surface area contributed by atoms with E-state index in [0.29, 0.717) is 17.3 Å². The Morgan fingerprint density at radius 2 is 2.33 bits per heavy atom. The van der Waals surface area contributed by atoms with Crippen LogP contribution >= 0.6 is 24.0 Å². The first-order valence-electron chi connectivity index (χ1n) is 4.80. The van der Waals surface area contributed by atoms with Crippen molar-refractivity contribution in [3.63, 3.8) is 0 Å². The molecule has 1 saturated heterocycles. The Morgan fingerprint density at radius 1 is 1.67 bits per heavy atom. The van der Waals surface area contributed by atoms with Crippen LogP contribution in [-0.4, -0.2) is 38.0 Å². The Bertz CT molecular complexity index is 293. The molecule has 1 unspecified atom stereocenters. The van der Waals surface area contributed by atoms with Crippen molar-refractivity contribution in [2.24, 2.45) is 0 Å². The number of nitrogens with zero attached hydrogens (tertiary/aromatic N) is 1. The summed E-state index contributed by atoms with van der Waals surface area (Å²) in [4.78, 5) is 23.5. The molecule has 0 radical (unpaired) electrons. The third-order valence-corrected chi connectivity index (χ3v) is 3.90. The maximum absolute atomic E-state index is 11.7. The van der Waals surface area contributed by atoms with Crippen molar-refractivity contribution in [1.82, 2.24) is 4.90 Å². The molecular weight excluding hydrogens is 234 g/mol. The summed E-state index contributed by atoms with van der Waals surface area (Å²) in [6.45, 7) is 2.37. The van der Waals surface area contributed by atoms with Crippen molar-refractivity contribution in [2.75, 3.05) is 6.54 Å². The zero-order valence-corrected chi connectivity index (χ0v) is 10.1. The topological polar surface area (TPSA) is 57.6 Å². The second-order valence-electron chi connectivity index (χ2n) is 3.27. The summed E-state index contributed by atoms with van der Waals surface area (Å²) in [5.41, 5.74) is 0. The summed E-state index contributed by atoms with van der Waals surface area (Å²) in [5, 5.41) is 8.41. The summed E-state index contributed by atoms with van der Waals surface area (Å²) in [7, 11) is 0. The van der Waals surface area contributed by atoms with Crippen molar-refractivity contribution in [3.8, 4) is 0 Å². The largest absolute Gasteiger partial charge is 0.481 e. The summed E-state index contributed by atoms with van der Waals surface area (Å²) in [6, 6.07) is 0. The summed E-state index contributed by atoms with van der Waals surface area (Å²) >= 11 is 6.46. The molecule has 1 fully saturated rings. The van der Waals surface area contributed by atoms with E-state index in [-0.39, 0.29) is 17.6 Å². The minimum absolute atomic E-state index is 0.0258. The van der Waals surface area contributed by atoms with E-state index in [1.165, 1.54) is 16.7 Å². The molecule has 1 rings (SSSR count). The van der Waals surface area contributed by atoms with Crippen LogP contribution in [0, 0.1) is 0 Å². The van der Waals surface area contributed by atoms with Gasteiger partial charge in [-0.3, -0.25) is 14.5 Å². The van der Waals surface area contributed by atoms with Crippen LogP contribution in [0.15, 0.2) is 0 Å². The Hall–Kier alpha value is -0.620. The van der Waals surface area contributed by atoms with Gasteiger partial charge in [0.2, 0.25) is 5.91 Å². The predicted octanol–water partition coefficient (Wildman–Crippen LogP) is 1.49. The number of thiocarbonyl (C=S) groups is 1. The highest BCUT2D eigenvalue weighted by molar-refractivity contribution is 8.24.